The first-order valence-electron chi connectivity index (χ1n) is 7.35. The summed E-state index contributed by atoms with van der Waals surface area (Å²) in [7, 11) is 1.87. The van der Waals surface area contributed by atoms with Gasteiger partial charge in [-0.15, -0.1) is 0 Å². The molecule has 1 heterocycles. The fourth-order valence-electron chi connectivity index (χ4n) is 2.91. The quantitative estimate of drug-likeness (QED) is 0.901. The molecule has 1 atom stereocenters. The number of carbonyl (C=O) groups is 1. The summed E-state index contributed by atoms with van der Waals surface area (Å²) in [5, 5.41) is 3.12. The van der Waals surface area contributed by atoms with Gasteiger partial charge in [-0.05, 0) is 31.4 Å². The third-order valence-electron chi connectivity index (χ3n) is 4.04. The molecule has 1 aliphatic heterocycles. The van der Waals surface area contributed by atoms with Crippen molar-refractivity contribution in [3.63, 3.8) is 0 Å². The van der Waals surface area contributed by atoms with E-state index in [2.05, 4.69) is 17.1 Å². The topological polar surface area (TPSA) is 32.3 Å². The van der Waals surface area contributed by atoms with Gasteiger partial charge in [-0.3, -0.25) is 4.79 Å². The zero-order valence-electron chi connectivity index (χ0n) is 12.0. The van der Waals surface area contributed by atoms with Crippen molar-refractivity contribution in [1.29, 1.82) is 0 Å². The zero-order chi connectivity index (χ0) is 13.7. The lowest BCUT2D eigenvalue weighted by Gasteiger charge is -2.30. The minimum Gasteiger partial charge on any atom is -0.387 e. The van der Waals surface area contributed by atoms with E-state index in [0.717, 1.165) is 37.1 Å². The number of rotatable bonds is 3. The molecule has 1 aromatic rings. The first-order chi connectivity index (χ1) is 9.27. The van der Waals surface area contributed by atoms with Gasteiger partial charge in [0.1, 0.15) is 0 Å². The number of hydrogen-bond donors (Lipinski definition) is 1. The van der Waals surface area contributed by atoms with E-state index >= 15 is 0 Å². The van der Waals surface area contributed by atoms with Gasteiger partial charge in [0.15, 0.2) is 0 Å². The van der Waals surface area contributed by atoms with Crippen molar-refractivity contribution in [1.82, 2.24) is 4.90 Å². The minimum absolute atomic E-state index is 0.179. The van der Waals surface area contributed by atoms with E-state index in [1.54, 1.807) is 0 Å². The molecule has 1 N–H and O–H groups in total. The van der Waals surface area contributed by atoms with E-state index in [-0.39, 0.29) is 5.91 Å². The van der Waals surface area contributed by atoms with Crippen LogP contribution in [0.25, 0.3) is 0 Å². The van der Waals surface area contributed by atoms with Crippen LogP contribution in [0.4, 0.5) is 5.69 Å². The van der Waals surface area contributed by atoms with Gasteiger partial charge in [0.25, 0.3) is 5.91 Å². The Kier molecular flexibility index (Phi) is 4.83. The average molecular weight is 260 g/mol. The van der Waals surface area contributed by atoms with Gasteiger partial charge in [-0.2, -0.15) is 0 Å². The van der Waals surface area contributed by atoms with Crippen LogP contribution in [-0.4, -0.2) is 30.4 Å². The molecule has 3 heteroatoms. The summed E-state index contributed by atoms with van der Waals surface area (Å²) in [4.78, 5) is 14.9. The van der Waals surface area contributed by atoms with Crippen LogP contribution in [-0.2, 0) is 0 Å². The second kappa shape index (κ2) is 6.60. The van der Waals surface area contributed by atoms with Gasteiger partial charge >= 0.3 is 0 Å². The largest absolute Gasteiger partial charge is 0.387 e. The number of nitrogens with one attached hydrogen (secondary N) is 1. The van der Waals surface area contributed by atoms with Gasteiger partial charge in [0.2, 0.25) is 0 Å². The number of likely N-dealkylation sites (tertiary alicyclic amines) is 1. The lowest BCUT2D eigenvalue weighted by molar-refractivity contribution is 0.0679. The molecular formula is C16H24N2O. The van der Waals surface area contributed by atoms with Crippen molar-refractivity contribution in [2.24, 2.45) is 0 Å². The average Bonchev–Trinajstić information content (AvgIpc) is 2.71. The Morgan fingerprint density at radius 3 is 2.84 bits per heavy atom. The van der Waals surface area contributed by atoms with Crippen molar-refractivity contribution >= 4 is 11.6 Å². The Bertz CT molecular complexity index is 431. The van der Waals surface area contributed by atoms with E-state index in [1.165, 1.54) is 12.8 Å². The van der Waals surface area contributed by atoms with Crippen LogP contribution in [0.2, 0.25) is 0 Å². The molecular weight excluding hydrogens is 236 g/mol. The Morgan fingerprint density at radius 2 is 2.11 bits per heavy atom. The van der Waals surface area contributed by atoms with E-state index in [9.17, 15) is 4.79 Å². The summed E-state index contributed by atoms with van der Waals surface area (Å²) in [6.07, 6.45) is 5.81. The van der Waals surface area contributed by atoms with Crippen LogP contribution < -0.4 is 5.32 Å². The lowest BCUT2D eigenvalue weighted by Crippen LogP contribution is -2.39. The summed E-state index contributed by atoms with van der Waals surface area (Å²) in [5.41, 5.74) is 1.72. The molecule has 0 aromatic heterocycles. The summed E-state index contributed by atoms with van der Waals surface area (Å²) in [6, 6.07) is 8.19. The highest BCUT2D eigenvalue weighted by Crippen LogP contribution is 2.24. The predicted molar refractivity (Wildman–Crippen MR) is 79.6 cm³/mol. The number of hydrogen-bond acceptors (Lipinski definition) is 2. The number of para-hydroxylation sites is 1. The van der Waals surface area contributed by atoms with Crippen LogP contribution in [0, 0.1) is 0 Å². The van der Waals surface area contributed by atoms with Crippen molar-refractivity contribution in [3.05, 3.63) is 29.8 Å². The Balaban J connectivity index is 2.25. The maximum atomic E-state index is 12.8. The molecule has 0 radical (unpaired) electrons. The van der Waals surface area contributed by atoms with Crippen molar-refractivity contribution < 1.29 is 4.79 Å². The van der Waals surface area contributed by atoms with Crippen LogP contribution >= 0.6 is 0 Å². The number of carbonyl (C=O) groups excluding carboxylic acids is 1. The summed E-state index contributed by atoms with van der Waals surface area (Å²) in [6.45, 7) is 3.08. The predicted octanol–water partition coefficient (Wildman–Crippen LogP) is 3.52. The Morgan fingerprint density at radius 1 is 1.32 bits per heavy atom. The van der Waals surface area contributed by atoms with Crippen LogP contribution in [0.5, 0.6) is 0 Å². The van der Waals surface area contributed by atoms with E-state index in [1.807, 2.05) is 31.3 Å². The molecule has 1 amide bonds. The number of nitrogens with zero attached hydrogens (tertiary/aromatic N) is 1. The van der Waals surface area contributed by atoms with E-state index in [0.29, 0.717) is 6.04 Å². The molecule has 3 nitrogen and oxygen atoms in total. The van der Waals surface area contributed by atoms with Crippen molar-refractivity contribution in [2.75, 3.05) is 18.9 Å². The summed E-state index contributed by atoms with van der Waals surface area (Å²) < 4.78 is 0. The monoisotopic (exact) mass is 260 g/mol. The smallest absolute Gasteiger partial charge is 0.256 e. The van der Waals surface area contributed by atoms with Gasteiger partial charge in [-0.1, -0.05) is 31.9 Å². The number of amides is 1. The van der Waals surface area contributed by atoms with Crippen LogP contribution in [0.15, 0.2) is 24.3 Å². The molecule has 0 bridgehead atoms. The standard InChI is InChI=1S/C16H24N2O/c1-3-13-9-5-4-8-12-18(13)16(19)14-10-6-7-11-15(14)17-2/h6-7,10-11,13,17H,3-5,8-9,12H2,1-2H3. The second-order valence-electron chi connectivity index (χ2n) is 5.21. The molecule has 1 unspecified atom stereocenters. The molecule has 0 spiro atoms. The van der Waals surface area contributed by atoms with Gasteiger partial charge in [-0.25, -0.2) is 0 Å². The van der Waals surface area contributed by atoms with Gasteiger partial charge < -0.3 is 10.2 Å². The molecule has 104 valence electrons. The molecule has 1 aliphatic rings. The normalized spacial score (nSPS) is 19.9. The number of anilines is 1. The van der Waals surface area contributed by atoms with Crippen LogP contribution in [0.3, 0.4) is 0 Å². The highest BCUT2D eigenvalue weighted by molar-refractivity contribution is 5.99. The summed E-state index contributed by atoms with van der Waals surface area (Å²) >= 11 is 0. The molecule has 0 aliphatic carbocycles. The molecule has 0 saturated carbocycles. The maximum absolute atomic E-state index is 12.8. The van der Waals surface area contributed by atoms with Gasteiger partial charge in [0, 0.05) is 25.3 Å². The molecule has 1 saturated heterocycles. The SMILES string of the molecule is CCC1CCCCCN1C(=O)c1ccccc1NC. The maximum Gasteiger partial charge on any atom is 0.256 e. The van der Waals surface area contributed by atoms with Gasteiger partial charge in [0.05, 0.1) is 5.56 Å². The summed E-state index contributed by atoms with van der Waals surface area (Å²) in [5.74, 6) is 0.179. The van der Waals surface area contributed by atoms with E-state index < -0.39 is 0 Å². The molecule has 19 heavy (non-hydrogen) atoms. The molecule has 1 aromatic carbocycles. The molecule has 2 rings (SSSR count). The highest BCUT2D eigenvalue weighted by Gasteiger charge is 2.26. The molecule has 1 fully saturated rings. The lowest BCUT2D eigenvalue weighted by atomic mass is 10.1. The minimum atomic E-state index is 0.179. The third-order valence-corrected chi connectivity index (χ3v) is 4.04. The fourth-order valence-corrected chi connectivity index (χ4v) is 2.91. The van der Waals surface area contributed by atoms with Crippen LogP contribution in [0.1, 0.15) is 49.4 Å². The second-order valence-corrected chi connectivity index (χ2v) is 5.21. The number of benzene rings is 1. The third kappa shape index (κ3) is 3.09. The zero-order valence-corrected chi connectivity index (χ0v) is 12.0. The Labute approximate surface area is 116 Å². The van der Waals surface area contributed by atoms with Crippen molar-refractivity contribution in [3.8, 4) is 0 Å². The fraction of sp³-hybridized carbons (Fsp3) is 0.562. The first-order valence-corrected chi connectivity index (χ1v) is 7.35. The van der Waals surface area contributed by atoms with Crippen molar-refractivity contribution in [2.45, 2.75) is 45.1 Å². The highest BCUT2D eigenvalue weighted by atomic mass is 16.2. The Hall–Kier alpha value is -1.51. The first kappa shape index (κ1) is 13.9. The van der Waals surface area contributed by atoms with E-state index in [4.69, 9.17) is 0 Å².